The van der Waals surface area contributed by atoms with Crippen molar-refractivity contribution in [2.45, 2.75) is 4.90 Å². The number of aromatic nitrogens is 1. The maximum absolute atomic E-state index is 12.5. The van der Waals surface area contributed by atoms with Crippen LogP contribution in [0.2, 0.25) is 0 Å². The molecule has 2 aromatic rings. The number of sulfonamides is 1. The first-order valence-corrected chi connectivity index (χ1v) is 8.17. The van der Waals surface area contributed by atoms with Crippen LogP contribution in [-0.4, -0.2) is 43.9 Å². The van der Waals surface area contributed by atoms with Crippen LogP contribution in [0.1, 0.15) is 0 Å². The monoisotopic (exact) mass is 299 g/mol. The fraction of sp³-hybridized carbons (Fsp3) is 0.364. The number of hydrogen-bond donors (Lipinski definition) is 2. The Hall–Kier alpha value is -1.22. The molecule has 6 nitrogen and oxygen atoms in total. The van der Waals surface area contributed by atoms with Gasteiger partial charge in [0, 0.05) is 26.2 Å². The highest BCUT2D eigenvalue weighted by molar-refractivity contribution is 7.89. The van der Waals surface area contributed by atoms with Gasteiger partial charge in [-0.05, 0) is 18.2 Å². The first-order chi connectivity index (χ1) is 9.07. The van der Waals surface area contributed by atoms with Crippen molar-refractivity contribution >= 4 is 31.6 Å². The van der Waals surface area contributed by atoms with Gasteiger partial charge in [0.05, 0.1) is 15.1 Å². The maximum atomic E-state index is 12.5. The zero-order valence-electron chi connectivity index (χ0n) is 10.0. The molecule has 1 aromatic heterocycles. The number of hydrogen-bond acceptors (Lipinski definition) is 5. The summed E-state index contributed by atoms with van der Waals surface area (Å²) in [4.78, 5) is 14.0. The molecule has 0 saturated carbocycles. The SMILES string of the molecule is O=c1[nH]c2ccc(S(=O)(=O)N3CCNCC3)cc2s1. The molecule has 19 heavy (non-hydrogen) atoms. The van der Waals surface area contributed by atoms with Crippen LogP contribution in [0.25, 0.3) is 10.2 Å². The summed E-state index contributed by atoms with van der Waals surface area (Å²) in [5.74, 6) is 0. The molecular weight excluding hydrogens is 286 g/mol. The summed E-state index contributed by atoms with van der Waals surface area (Å²) in [5, 5.41) is 3.12. The molecule has 1 fully saturated rings. The molecule has 1 aromatic carbocycles. The van der Waals surface area contributed by atoms with Crippen molar-refractivity contribution in [3.05, 3.63) is 27.9 Å². The molecule has 2 heterocycles. The van der Waals surface area contributed by atoms with Gasteiger partial charge in [0.1, 0.15) is 0 Å². The lowest BCUT2D eigenvalue weighted by Crippen LogP contribution is -2.46. The van der Waals surface area contributed by atoms with Gasteiger partial charge >= 0.3 is 4.87 Å². The molecule has 2 N–H and O–H groups in total. The Labute approximate surface area is 114 Å². The van der Waals surface area contributed by atoms with Gasteiger partial charge in [-0.1, -0.05) is 11.3 Å². The summed E-state index contributed by atoms with van der Waals surface area (Å²) < 4.78 is 27.0. The molecule has 0 spiro atoms. The van der Waals surface area contributed by atoms with E-state index in [2.05, 4.69) is 10.3 Å². The molecule has 0 bridgehead atoms. The highest BCUT2D eigenvalue weighted by Crippen LogP contribution is 2.22. The summed E-state index contributed by atoms with van der Waals surface area (Å²) in [5.41, 5.74) is 0.675. The molecule has 1 aliphatic heterocycles. The molecule has 0 amide bonds. The second kappa shape index (κ2) is 4.71. The van der Waals surface area contributed by atoms with Crippen LogP contribution < -0.4 is 10.2 Å². The van der Waals surface area contributed by atoms with Crippen molar-refractivity contribution in [3.8, 4) is 0 Å². The summed E-state index contributed by atoms with van der Waals surface area (Å²) in [7, 11) is -3.46. The Bertz CT molecular complexity index is 757. The van der Waals surface area contributed by atoms with Crippen molar-refractivity contribution in [1.29, 1.82) is 0 Å². The molecule has 0 aliphatic carbocycles. The number of aromatic amines is 1. The molecule has 1 saturated heterocycles. The van der Waals surface area contributed by atoms with Crippen LogP contribution in [0.4, 0.5) is 0 Å². The van der Waals surface area contributed by atoms with E-state index in [9.17, 15) is 13.2 Å². The lowest BCUT2D eigenvalue weighted by Gasteiger charge is -2.26. The molecule has 0 radical (unpaired) electrons. The van der Waals surface area contributed by atoms with Gasteiger partial charge in [0.2, 0.25) is 10.0 Å². The second-order valence-corrected chi connectivity index (χ2v) is 7.28. The standard InChI is InChI=1S/C11H13N3O3S2/c15-11-13-9-2-1-8(7-10(9)18-11)19(16,17)14-5-3-12-4-6-14/h1-2,7,12H,3-6H2,(H,13,15). The fourth-order valence-electron chi connectivity index (χ4n) is 2.12. The smallest absolute Gasteiger partial charge is 0.305 e. The highest BCUT2D eigenvalue weighted by atomic mass is 32.2. The van der Waals surface area contributed by atoms with Gasteiger partial charge in [0.15, 0.2) is 0 Å². The molecule has 102 valence electrons. The highest BCUT2D eigenvalue weighted by Gasteiger charge is 2.26. The van der Waals surface area contributed by atoms with Gasteiger partial charge < -0.3 is 10.3 Å². The van der Waals surface area contributed by atoms with Gasteiger partial charge in [-0.3, -0.25) is 4.79 Å². The first kappa shape index (κ1) is 12.8. The molecule has 0 unspecified atom stereocenters. The van der Waals surface area contributed by atoms with Crippen LogP contribution in [0.15, 0.2) is 27.9 Å². The van der Waals surface area contributed by atoms with Gasteiger partial charge in [-0.25, -0.2) is 8.42 Å². The van der Waals surface area contributed by atoms with E-state index in [1.54, 1.807) is 18.2 Å². The number of H-pyrrole nitrogens is 1. The largest absolute Gasteiger partial charge is 0.314 e. The minimum atomic E-state index is -3.46. The first-order valence-electron chi connectivity index (χ1n) is 5.91. The number of nitrogens with one attached hydrogen (secondary N) is 2. The third-order valence-electron chi connectivity index (χ3n) is 3.11. The maximum Gasteiger partial charge on any atom is 0.305 e. The number of fused-ring (bicyclic) bond motifs is 1. The van der Waals surface area contributed by atoms with Crippen LogP contribution in [0.5, 0.6) is 0 Å². The normalized spacial score (nSPS) is 17.9. The Kier molecular flexibility index (Phi) is 3.17. The van der Waals surface area contributed by atoms with E-state index in [4.69, 9.17) is 0 Å². The number of piperazine rings is 1. The Morgan fingerprint density at radius 1 is 1.21 bits per heavy atom. The summed E-state index contributed by atoms with van der Waals surface area (Å²) in [6, 6.07) is 4.75. The fourth-order valence-corrected chi connectivity index (χ4v) is 4.44. The predicted molar refractivity (Wildman–Crippen MR) is 74.1 cm³/mol. The third kappa shape index (κ3) is 2.32. The van der Waals surface area contributed by atoms with E-state index >= 15 is 0 Å². The van der Waals surface area contributed by atoms with Crippen molar-refractivity contribution in [1.82, 2.24) is 14.6 Å². The van der Waals surface area contributed by atoms with E-state index in [-0.39, 0.29) is 9.77 Å². The van der Waals surface area contributed by atoms with Crippen molar-refractivity contribution < 1.29 is 8.42 Å². The van der Waals surface area contributed by atoms with Gasteiger partial charge in [-0.15, -0.1) is 0 Å². The van der Waals surface area contributed by atoms with E-state index in [0.717, 1.165) is 11.3 Å². The summed E-state index contributed by atoms with van der Waals surface area (Å²) in [6.07, 6.45) is 0. The average molecular weight is 299 g/mol. The van der Waals surface area contributed by atoms with Crippen molar-refractivity contribution in [2.75, 3.05) is 26.2 Å². The van der Waals surface area contributed by atoms with E-state index in [1.807, 2.05) is 0 Å². The Morgan fingerprint density at radius 3 is 2.68 bits per heavy atom. The topological polar surface area (TPSA) is 82.3 Å². The number of thiazole rings is 1. The van der Waals surface area contributed by atoms with Crippen LogP contribution in [-0.2, 0) is 10.0 Å². The molecular formula is C11H13N3O3S2. The predicted octanol–water partition coefficient (Wildman–Crippen LogP) is 0.183. The summed E-state index contributed by atoms with van der Waals surface area (Å²) in [6.45, 7) is 2.28. The van der Waals surface area contributed by atoms with E-state index in [1.165, 1.54) is 4.31 Å². The minimum Gasteiger partial charge on any atom is -0.314 e. The van der Waals surface area contributed by atoms with Crippen molar-refractivity contribution in [3.63, 3.8) is 0 Å². The zero-order chi connectivity index (χ0) is 13.5. The summed E-state index contributed by atoms with van der Waals surface area (Å²) >= 11 is 1.02. The lowest BCUT2D eigenvalue weighted by atomic mass is 10.3. The van der Waals surface area contributed by atoms with Gasteiger partial charge in [-0.2, -0.15) is 4.31 Å². The molecule has 8 heteroatoms. The molecule has 1 aliphatic rings. The van der Waals surface area contributed by atoms with Gasteiger partial charge in [0.25, 0.3) is 0 Å². The molecule has 3 rings (SSSR count). The van der Waals surface area contributed by atoms with Crippen molar-refractivity contribution in [2.24, 2.45) is 0 Å². The van der Waals surface area contributed by atoms with E-state index < -0.39 is 10.0 Å². The van der Waals surface area contributed by atoms with Crippen LogP contribution >= 0.6 is 11.3 Å². The molecule has 0 atom stereocenters. The quantitative estimate of drug-likeness (QED) is 0.829. The minimum absolute atomic E-state index is 0.174. The average Bonchev–Trinajstić information content (AvgIpc) is 2.78. The number of benzene rings is 1. The third-order valence-corrected chi connectivity index (χ3v) is 5.85. The Balaban J connectivity index is 2.04. The van der Waals surface area contributed by atoms with Crippen LogP contribution in [0.3, 0.4) is 0 Å². The second-order valence-electron chi connectivity index (χ2n) is 4.33. The zero-order valence-corrected chi connectivity index (χ0v) is 11.7. The number of nitrogens with zero attached hydrogens (tertiary/aromatic N) is 1. The van der Waals surface area contributed by atoms with E-state index in [0.29, 0.717) is 36.4 Å². The number of rotatable bonds is 2. The Morgan fingerprint density at radius 2 is 1.95 bits per heavy atom. The van der Waals surface area contributed by atoms with Crippen LogP contribution in [0, 0.1) is 0 Å². The lowest BCUT2D eigenvalue weighted by molar-refractivity contribution is 0.360.